The minimum Gasteiger partial charge on any atom is -0.481 e. The van der Waals surface area contributed by atoms with Crippen LogP contribution in [0.5, 0.6) is 0 Å². The predicted molar refractivity (Wildman–Crippen MR) is 70.3 cm³/mol. The lowest BCUT2D eigenvalue weighted by atomic mass is 9.84. The van der Waals surface area contributed by atoms with Crippen LogP contribution in [0.25, 0.3) is 0 Å². The summed E-state index contributed by atoms with van der Waals surface area (Å²) in [6.07, 6.45) is 1.23. The lowest BCUT2D eigenvalue weighted by Gasteiger charge is -2.23. The number of urea groups is 1. The van der Waals surface area contributed by atoms with Crippen LogP contribution in [0.2, 0.25) is 0 Å². The van der Waals surface area contributed by atoms with Gasteiger partial charge in [-0.25, -0.2) is 4.79 Å². The molecule has 0 heterocycles. The molecule has 0 aromatic heterocycles. The van der Waals surface area contributed by atoms with Crippen molar-refractivity contribution < 1.29 is 14.7 Å². The quantitative estimate of drug-likeness (QED) is 0.507. The Bertz CT molecular complexity index is 274. The van der Waals surface area contributed by atoms with E-state index in [2.05, 4.69) is 10.6 Å². The number of hydrogen-bond acceptors (Lipinski definition) is 3. The summed E-state index contributed by atoms with van der Waals surface area (Å²) in [5.41, 5.74) is 5.21. The molecule has 0 aliphatic rings. The number of hydrogen-bond donors (Lipinski definition) is 4. The van der Waals surface area contributed by atoms with Gasteiger partial charge in [0.2, 0.25) is 0 Å². The molecule has 6 nitrogen and oxygen atoms in total. The van der Waals surface area contributed by atoms with Crippen molar-refractivity contribution in [2.24, 2.45) is 17.1 Å². The van der Waals surface area contributed by atoms with E-state index in [1.54, 1.807) is 0 Å². The van der Waals surface area contributed by atoms with Crippen LogP contribution >= 0.6 is 0 Å². The summed E-state index contributed by atoms with van der Waals surface area (Å²) < 4.78 is 0. The molecule has 0 spiro atoms. The zero-order chi connectivity index (χ0) is 14.2. The molecule has 0 aromatic rings. The molecule has 6 heteroatoms. The fourth-order valence-corrected chi connectivity index (χ4v) is 1.57. The number of nitrogens with two attached hydrogens (primary N) is 1. The molecule has 0 saturated carbocycles. The standard InChI is InChI=1S/C12H25N3O3/c1-12(2,3)7-9(10(16)17)8-15-11(18)14-6-4-5-13/h9H,4-8,13H2,1-3H3,(H,16,17)(H2,14,15,18). The molecule has 2 amide bonds. The fraction of sp³-hybridized carbons (Fsp3) is 0.833. The number of nitrogens with one attached hydrogen (secondary N) is 2. The molecule has 0 fully saturated rings. The molecule has 0 bridgehead atoms. The molecule has 1 unspecified atom stereocenters. The summed E-state index contributed by atoms with van der Waals surface area (Å²) in [5, 5.41) is 14.3. The van der Waals surface area contributed by atoms with Gasteiger partial charge in [-0.05, 0) is 24.8 Å². The minimum absolute atomic E-state index is 0.0826. The summed E-state index contributed by atoms with van der Waals surface area (Å²) in [5.74, 6) is -1.45. The van der Waals surface area contributed by atoms with Gasteiger partial charge < -0.3 is 21.5 Å². The highest BCUT2D eigenvalue weighted by Crippen LogP contribution is 2.24. The van der Waals surface area contributed by atoms with E-state index in [1.807, 2.05) is 20.8 Å². The zero-order valence-corrected chi connectivity index (χ0v) is 11.5. The maximum absolute atomic E-state index is 11.4. The number of rotatable bonds is 7. The van der Waals surface area contributed by atoms with E-state index in [4.69, 9.17) is 10.8 Å². The number of carbonyl (C=O) groups excluding carboxylic acids is 1. The van der Waals surface area contributed by atoms with Crippen LogP contribution < -0.4 is 16.4 Å². The Hall–Kier alpha value is -1.30. The van der Waals surface area contributed by atoms with Gasteiger partial charge in [0.25, 0.3) is 0 Å². The van der Waals surface area contributed by atoms with Crippen molar-refractivity contribution in [3.05, 3.63) is 0 Å². The van der Waals surface area contributed by atoms with Crippen molar-refractivity contribution in [3.8, 4) is 0 Å². The van der Waals surface area contributed by atoms with E-state index < -0.39 is 11.9 Å². The highest BCUT2D eigenvalue weighted by atomic mass is 16.4. The minimum atomic E-state index is -0.882. The van der Waals surface area contributed by atoms with Gasteiger partial charge in [-0.2, -0.15) is 0 Å². The lowest BCUT2D eigenvalue weighted by molar-refractivity contribution is -0.142. The first-order valence-corrected chi connectivity index (χ1v) is 6.21. The highest BCUT2D eigenvalue weighted by molar-refractivity contribution is 5.75. The lowest BCUT2D eigenvalue weighted by Crippen LogP contribution is -2.41. The van der Waals surface area contributed by atoms with Crippen molar-refractivity contribution in [1.29, 1.82) is 0 Å². The molecule has 0 radical (unpaired) electrons. The van der Waals surface area contributed by atoms with Crippen LogP contribution in [0.4, 0.5) is 4.79 Å². The van der Waals surface area contributed by atoms with Crippen molar-refractivity contribution >= 4 is 12.0 Å². The topological polar surface area (TPSA) is 104 Å². The van der Waals surface area contributed by atoms with Gasteiger partial charge in [-0.15, -0.1) is 0 Å². The smallest absolute Gasteiger partial charge is 0.314 e. The third kappa shape index (κ3) is 8.81. The Kier molecular flexibility index (Phi) is 7.35. The van der Waals surface area contributed by atoms with Gasteiger partial charge in [-0.1, -0.05) is 20.8 Å². The van der Waals surface area contributed by atoms with Gasteiger partial charge in [0.15, 0.2) is 0 Å². The molecule has 5 N–H and O–H groups in total. The predicted octanol–water partition coefficient (Wildman–Crippen LogP) is 0.771. The van der Waals surface area contributed by atoms with Crippen LogP contribution in [0, 0.1) is 11.3 Å². The van der Waals surface area contributed by atoms with Crippen LogP contribution in [-0.2, 0) is 4.79 Å². The van der Waals surface area contributed by atoms with Crippen molar-refractivity contribution in [2.45, 2.75) is 33.6 Å². The SMILES string of the molecule is CC(C)(C)CC(CNC(=O)NCCCN)C(=O)O. The number of carboxylic acids is 1. The summed E-state index contributed by atoms with van der Waals surface area (Å²) in [7, 11) is 0. The molecule has 0 aliphatic carbocycles. The summed E-state index contributed by atoms with van der Waals surface area (Å²) in [4.78, 5) is 22.4. The molecule has 18 heavy (non-hydrogen) atoms. The van der Waals surface area contributed by atoms with E-state index in [0.717, 1.165) is 0 Å². The highest BCUT2D eigenvalue weighted by Gasteiger charge is 2.24. The Balaban J connectivity index is 4.04. The molecule has 0 saturated heterocycles. The molecule has 0 aromatic carbocycles. The Morgan fingerprint density at radius 3 is 2.33 bits per heavy atom. The second-order valence-electron chi connectivity index (χ2n) is 5.58. The fourth-order valence-electron chi connectivity index (χ4n) is 1.57. The number of aliphatic carboxylic acids is 1. The van der Waals surface area contributed by atoms with Gasteiger partial charge in [-0.3, -0.25) is 4.79 Å². The van der Waals surface area contributed by atoms with Gasteiger partial charge >= 0.3 is 12.0 Å². The molecular formula is C12H25N3O3. The Morgan fingerprint density at radius 2 is 1.89 bits per heavy atom. The van der Waals surface area contributed by atoms with Gasteiger partial charge in [0.1, 0.15) is 0 Å². The van der Waals surface area contributed by atoms with Crippen LogP contribution in [0.1, 0.15) is 33.6 Å². The van der Waals surface area contributed by atoms with Crippen molar-refractivity contribution in [3.63, 3.8) is 0 Å². The third-order valence-electron chi connectivity index (χ3n) is 2.38. The largest absolute Gasteiger partial charge is 0.481 e. The van der Waals surface area contributed by atoms with E-state index in [9.17, 15) is 9.59 Å². The second kappa shape index (κ2) is 7.92. The molecule has 1 atom stereocenters. The van der Waals surface area contributed by atoms with Crippen molar-refractivity contribution in [1.82, 2.24) is 10.6 Å². The maximum Gasteiger partial charge on any atom is 0.314 e. The Labute approximate surface area is 108 Å². The first-order valence-electron chi connectivity index (χ1n) is 6.21. The first-order chi connectivity index (χ1) is 8.26. The normalized spacial score (nSPS) is 12.9. The maximum atomic E-state index is 11.4. The number of amides is 2. The summed E-state index contributed by atoms with van der Waals surface area (Å²) in [6.45, 7) is 7.08. The van der Waals surface area contributed by atoms with E-state index >= 15 is 0 Å². The third-order valence-corrected chi connectivity index (χ3v) is 2.38. The second-order valence-corrected chi connectivity index (χ2v) is 5.58. The van der Waals surface area contributed by atoms with Gasteiger partial charge in [0, 0.05) is 13.1 Å². The van der Waals surface area contributed by atoms with Crippen LogP contribution in [0.15, 0.2) is 0 Å². The summed E-state index contributed by atoms with van der Waals surface area (Å²) in [6, 6.07) is -0.344. The monoisotopic (exact) mass is 259 g/mol. The van der Waals surface area contributed by atoms with Crippen LogP contribution in [-0.4, -0.2) is 36.7 Å². The van der Waals surface area contributed by atoms with E-state index in [-0.39, 0.29) is 18.0 Å². The van der Waals surface area contributed by atoms with Crippen molar-refractivity contribution in [2.75, 3.05) is 19.6 Å². The zero-order valence-electron chi connectivity index (χ0n) is 11.5. The number of carboxylic acid groups (broad SMARTS) is 1. The summed E-state index contributed by atoms with van der Waals surface area (Å²) >= 11 is 0. The average Bonchev–Trinajstić information content (AvgIpc) is 2.22. The molecule has 0 aliphatic heterocycles. The van der Waals surface area contributed by atoms with E-state index in [0.29, 0.717) is 25.9 Å². The molecule has 106 valence electrons. The Morgan fingerprint density at radius 1 is 1.28 bits per heavy atom. The van der Waals surface area contributed by atoms with Gasteiger partial charge in [0.05, 0.1) is 5.92 Å². The first kappa shape index (κ1) is 16.7. The number of carbonyl (C=O) groups is 2. The average molecular weight is 259 g/mol. The molecular weight excluding hydrogens is 234 g/mol. The van der Waals surface area contributed by atoms with Crippen LogP contribution in [0.3, 0.4) is 0 Å². The van der Waals surface area contributed by atoms with E-state index in [1.165, 1.54) is 0 Å². The molecule has 0 rings (SSSR count).